The van der Waals surface area contributed by atoms with Crippen molar-refractivity contribution in [3.8, 4) is 0 Å². The smallest absolute Gasteiger partial charge is 0.315 e. The molecule has 2 nitrogen and oxygen atoms in total. The van der Waals surface area contributed by atoms with Crippen LogP contribution in [0.15, 0.2) is 35.9 Å². The van der Waals surface area contributed by atoms with Gasteiger partial charge in [0.25, 0.3) is 0 Å². The van der Waals surface area contributed by atoms with Crippen LogP contribution >= 0.6 is 0 Å². The molecule has 2 saturated carbocycles. The first kappa shape index (κ1) is 13.1. The standard InChI is InChI=1S/C19H22O2/c1-11(2)15-16-13-8-9-14(10-13)17(16)18(21-19(15)20)12-6-4-3-5-7-12/h3-7,11,13-16H,8-10H2,1-2H3/t13?,14-,15-,16-/m1/s1. The second-order valence-corrected chi connectivity index (χ2v) is 7.14. The maximum Gasteiger partial charge on any atom is 0.315 e. The van der Waals surface area contributed by atoms with E-state index in [0.29, 0.717) is 23.7 Å². The van der Waals surface area contributed by atoms with E-state index >= 15 is 0 Å². The van der Waals surface area contributed by atoms with Crippen LogP contribution in [-0.2, 0) is 9.53 Å². The van der Waals surface area contributed by atoms with Gasteiger partial charge in [-0.3, -0.25) is 4.79 Å². The zero-order valence-electron chi connectivity index (χ0n) is 12.7. The number of rotatable bonds is 2. The van der Waals surface area contributed by atoms with Gasteiger partial charge in [0, 0.05) is 11.5 Å². The molecule has 3 aliphatic rings. The minimum atomic E-state index is -0.00912. The Morgan fingerprint density at radius 1 is 1.14 bits per heavy atom. The van der Waals surface area contributed by atoms with Gasteiger partial charge < -0.3 is 4.74 Å². The SMILES string of the molecule is CC(C)[C@H]1C(=O)OC(c2ccccc2)=C2[C@@H]3CCC(C3)[C@@H]21. The van der Waals surface area contributed by atoms with Crippen LogP contribution in [0.1, 0.15) is 38.7 Å². The second-order valence-electron chi connectivity index (χ2n) is 7.14. The largest absolute Gasteiger partial charge is 0.426 e. The van der Waals surface area contributed by atoms with Crippen LogP contribution in [-0.4, -0.2) is 5.97 Å². The maximum atomic E-state index is 12.6. The van der Waals surface area contributed by atoms with Crippen LogP contribution in [0.5, 0.6) is 0 Å². The number of carbonyl (C=O) groups excluding carboxylic acids is 1. The van der Waals surface area contributed by atoms with Crippen molar-refractivity contribution in [1.29, 1.82) is 0 Å². The van der Waals surface area contributed by atoms with Crippen LogP contribution in [0.2, 0.25) is 0 Å². The Bertz CT molecular complexity index is 599. The minimum Gasteiger partial charge on any atom is -0.426 e. The Labute approximate surface area is 126 Å². The number of fused-ring (bicyclic) bond motifs is 5. The highest BCUT2D eigenvalue weighted by atomic mass is 16.5. The summed E-state index contributed by atoms with van der Waals surface area (Å²) in [6.07, 6.45) is 3.82. The van der Waals surface area contributed by atoms with Gasteiger partial charge in [-0.1, -0.05) is 44.2 Å². The summed E-state index contributed by atoms with van der Waals surface area (Å²) in [5.74, 6) is 3.06. The van der Waals surface area contributed by atoms with Gasteiger partial charge in [-0.15, -0.1) is 0 Å². The predicted molar refractivity (Wildman–Crippen MR) is 82.1 cm³/mol. The van der Waals surface area contributed by atoms with E-state index in [9.17, 15) is 4.79 Å². The number of cyclic esters (lactones) is 1. The van der Waals surface area contributed by atoms with E-state index in [4.69, 9.17) is 4.74 Å². The van der Waals surface area contributed by atoms with Crippen molar-refractivity contribution >= 4 is 11.7 Å². The molecule has 0 amide bonds. The molecule has 1 unspecified atom stereocenters. The lowest BCUT2D eigenvalue weighted by atomic mass is 9.70. The first-order valence-corrected chi connectivity index (χ1v) is 8.18. The number of benzene rings is 1. The molecule has 1 aliphatic heterocycles. The van der Waals surface area contributed by atoms with Gasteiger partial charge in [-0.05, 0) is 42.6 Å². The molecule has 2 heteroatoms. The molecule has 2 aliphatic carbocycles. The Kier molecular flexibility index (Phi) is 2.95. The third-order valence-corrected chi connectivity index (χ3v) is 5.66. The predicted octanol–water partition coefficient (Wildman–Crippen LogP) is 4.27. The van der Waals surface area contributed by atoms with Crippen molar-refractivity contribution in [2.75, 3.05) is 0 Å². The van der Waals surface area contributed by atoms with Gasteiger partial charge in [0.05, 0.1) is 5.92 Å². The molecule has 1 aromatic rings. The third-order valence-electron chi connectivity index (χ3n) is 5.66. The average Bonchev–Trinajstić information content (AvgIpc) is 3.08. The monoisotopic (exact) mass is 282 g/mol. The molecule has 0 radical (unpaired) electrons. The molecule has 0 spiro atoms. The molecule has 2 fully saturated rings. The van der Waals surface area contributed by atoms with Gasteiger partial charge in [-0.25, -0.2) is 0 Å². The lowest BCUT2D eigenvalue weighted by molar-refractivity contribution is -0.147. The van der Waals surface area contributed by atoms with E-state index < -0.39 is 0 Å². The highest BCUT2D eigenvalue weighted by Crippen LogP contribution is 2.59. The summed E-state index contributed by atoms with van der Waals surface area (Å²) in [6.45, 7) is 4.31. The molecule has 1 heterocycles. The first-order valence-electron chi connectivity index (χ1n) is 8.18. The highest BCUT2D eigenvalue weighted by Gasteiger charge is 2.54. The minimum absolute atomic E-state index is 0.00912. The van der Waals surface area contributed by atoms with Gasteiger partial charge >= 0.3 is 5.97 Å². The molecule has 110 valence electrons. The Balaban J connectivity index is 1.86. The summed E-state index contributed by atoms with van der Waals surface area (Å²) >= 11 is 0. The van der Waals surface area contributed by atoms with E-state index in [-0.39, 0.29) is 11.9 Å². The van der Waals surface area contributed by atoms with Crippen LogP contribution in [0.3, 0.4) is 0 Å². The average molecular weight is 282 g/mol. The highest BCUT2D eigenvalue weighted by molar-refractivity contribution is 5.85. The Hall–Kier alpha value is -1.57. The van der Waals surface area contributed by atoms with Crippen molar-refractivity contribution < 1.29 is 9.53 Å². The van der Waals surface area contributed by atoms with Crippen molar-refractivity contribution in [1.82, 2.24) is 0 Å². The summed E-state index contributed by atoms with van der Waals surface area (Å²) in [5, 5.41) is 0. The lowest BCUT2D eigenvalue weighted by Gasteiger charge is -2.38. The zero-order chi connectivity index (χ0) is 14.6. The summed E-state index contributed by atoms with van der Waals surface area (Å²) in [7, 11) is 0. The van der Waals surface area contributed by atoms with Gasteiger partial charge in [-0.2, -0.15) is 0 Å². The van der Waals surface area contributed by atoms with E-state index in [1.54, 1.807) is 0 Å². The number of esters is 1. The molecule has 2 bridgehead atoms. The number of allylic oxidation sites excluding steroid dienone is 1. The fraction of sp³-hybridized carbons (Fsp3) is 0.526. The van der Waals surface area contributed by atoms with E-state index in [0.717, 1.165) is 11.3 Å². The molecule has 0 aromatic heterocycles. The summed E-state index contributed by atoms with van der Waals surface area (Å²) in [6, 6.07) is 10.2. The second kappa shape index (κ2) is 4.72. The quantitative estimate of drug-likeness (QED) is 0.757. The van der Waals surface area contributed by atoms with Crippen molar-refractivity contribution in [3.63, 3.8) is 0 Å². The number of hydrogen-bond acceptors (Lipinski definition) is 2. The van der Waals surface area contributed by atoms with Gasteiger partial charge in [0.1, 0.15) is 5.76 Å². The fourth-order valence-electron chi connectivity index (χ4n) is 4.85. The molecule has 4 rings (SSSR count). The van der Waals surface area contributed by atoms with E-state index in [1.807, 2.05) is 18.2 Å². The fourth-order valence-corrected chi connectivity index (χ4v) is 4.85. The molecule has 1 aromatic carbocycles. The van der Waals surface area contributed by atoms with Gasteiger partial charge in [0.15, 0.2) is 0 Å². The molecule has 0 saturated heterocycles. The number of carbonyl (C=O) groups is 1. The zero-order valence-corrected chi connectivity index (χ0v) is 12.7. The van der Waals surface area contributed by atoms with Gasteiger partial charge in [0.2, 0.25) is 0 Å². The number of ether oxygens (including phenoxy) is 1. The summed E-state index contributed by atoms with van der Waals surface area (Å²) in [5.41, 5.74) is 2.52. The third kappa shape index (κ3) is 1.88. The summed E-state index contributed by atoms with van der Waals surface area (Å²) in [4.78, 5) is 12.6. The molecular weight excluding hydrogens is 260 g/mol. The van der Waals surface area contributed by atoms with E-state index in [1.165, 1.54) is 24.8 Å². The molecule has 4 atom stereocenters. The van der Waals surface area contributed by atoms with Crippen LogP contribution < -0.4 is 0 Å². The van der Waals surface area contributed by atoms with Crippen LogP contribution in [0, 0.1) is 29.6 Å². The number of hydrogen-bond donors (Lipinski definition) is 0. The topological polar surface area (TPSA) is 26.3 Å². The Morgan fingerprint density at radius 2 is 1.90 bits per heavy atom. The lowest BCUT2D eigenvalue weighted by Crippen LogP contribution is -2.38. The normalized spacial score (nSPS) is 34.3. The van der Waals surface area contributed by atoms with E-state index in [2.05, 4.69) is 26.0 Å². The summed E-state index contributed by atoms with van der Waals surface area (Å²) < 4.78 is 5.85. The van der Waals surface area contributed by atoms with Crippen molar-refractivity contribution in [3.05, 3.63) is 41.5 Å². The maximum absolute atomic E-state index is 12.6. The first-order chi connectivity index (χ1) is 10.2. The molecule has 21 heavy (non-hydrogen) atoms. The van der Waals surface area contributed by atoms with Crippen LogP contribution in [0.25, 0.3) is 5.76 Å². The van der Waals surface area contributed by atoms with Crippen LogP contribution in [0.4, 0.5) is 0 Å². The molecule has 0 N–H and O–H groups in total. The van der Waals surface area contributed by atoms with Crippen molar-refractivity contribution in [2.45, 2.75) is 33.1 Å². The Morgan fingerprint density at radius 3 is 2.62 bits per heavy atom. The van der Waals surface area contributed by atoms with Crippen molar-refractivity contribution in [2.24, 2.45) is 29.6 Å². The molecular formula is C19H22O2.